The summed E-state index contributed by atoms with van der Waals surface area (Å²) in [6.07, 6.45) is 3.49. The summed E-state index contributed by atoms with van der Waals surface area (Å²) in [6.45, 7) is 5.94. The van der Waals surface area contributed by atoms with Crippen LogP contribution in [0, 0.1) is 0 Å². The molecule has 0 spiro atoms. The fourth-order valence-electron chi connectivity index (χ4n) is 3.62. The molecule has 1 atom stereocenters. The molecule has 0 saturated carbocycles. The first-order valence-electron chi connectivity index (χ1n) is 8.68. The number of benzene rings is 1. The Morgan fingerprint density at radius 2 is 2.21 bits per heavy atom. The van der Waals surface area contributed by atoms with E-state index in [0.29, 0.717) is 19.0 Å². The Morgan fingerprint density at radius 3 is 3.00 bits per heavy atom. The Bertz CT molecular complexity index is 689. The van der Waals surface area contributed by atoms with Crippen molar-refractivity contribution in [1.29, 1.82) is 0 Å². The molecule has 0 radical (unpaired) electrons. The molecule has 128 valence electrons. The minimum atomic E-state index is -0.123. The SMILES string of the molecule is CCOc1cc2c(cc1CN1CCOC(c3nn[nH]n3)C1)CCC2. The number of morpholine rings is 1. The maximum Gasteiger partial charge on any atom is 0.204 e. The molecule has 0 bridgehead atoms. The van der Waals surface area contributed by atoms with Crippen LogP contribution in [0.25, 0.3) is 0 Å². The Balaban J connectivity index is 1.52. The summed E-state index contributed by atoms with van der Waals surface area (Å²) in [7, 11) is 0. The fourth-order valence-corrected chi connectivity index (χ4v) is 3.62. The number of ether oxygens (including phenoxy) is 2. The van der Waals surface area contributed by atoms with Gasteiger partial charge >= 0.3 is 0 Å². The van der Waals surface area contributed by atoms with Gasteiger partial charge in [-0.05, 0) is 43.4 Å². The molecule has 1 aliphatic carbocycles. The molecule has 0 amide bonds. The minimum Gasteiger partial charge on any atom is -0.494 e. The van der Waals surface area contributed by atoms with Gasteiger partial charge in [0.1, 0.15) is 11.9 Å². The van der Waals surface area contributed by atoms with E-state index >= 15 is 0 Å². The average Bonchev–Trinajstić information content (AvgIpc) is 3.27. The van der Waals surface area contributed by atoms with Gasteiger partial charge in [0.05, 0.1) is 13.2 Å². The first-order valence-corrected chi connectivity index (χ1v) is 8.68. The van der Waals surface area contributed by atoms with Crippen LogP contribution in [0.1, 0.15) is 42.0 Å². The molecule has 7 nitrogen and oxygen atoms in total. The van der Waals surface area contributed by atoms with E-state index in [0.717, 1.165) is 25.4 Å². The summed E-state index contributed by atoms with van der Waals surface area (Å²) in [5.74, 6) is 1.65. The van der Waals surface area contributed by atoms with E-state index in [1.807, 2.05) is 6.92 Å². The van der Waals surface area contributed by atoms with Crippen LogP contribution in [0.3, 0.4) is 0 Å². The van der Waals surface area contributed by atoms with Gasteiger partial charge in [-0.25, -0.2) is 0 Å². The molecule has 1 aromatic heterocycles. The lowest BCUT2D eigenvalue weighted by Gasteiger charge is -2.31. The van der Waals surface area contributed by atoms with Gasteiger partial charge in [0.15, 0.2) is 0 Å². The molecule has 1 unspecified atom stereocenters. The van der Waals surface area contributed by atoms with Crippen molar-refractivity contribution in [3.8, 4) is 5.75 Å². The number of nitrogens with zero attached hydrogens (tertiary/aromatic N) is 4. The van der Waals surface area contributed by atoms with Crippen LogP contribution in [0.2, 0.25) is 0 Å². The second kappa shape index (κ2) is 6.86. The van der Waals surface area contributed by atoms with Crippen molar-refractivity contribution in [1.82, 2.24) is 25.5 Å². The zero-order valence-corrected chi connectivity index (χ0v) is 14.0. The average molecular weight is 329 g/mol. The van der Waals surface area contributed by atoms with Crippen molar-refractivity contribution in [2.24, 2.45) is 0 Å². The Morgan fingerprint density at radius 1 is 1.33 bits per heavy atom. The van der Waals surface area contributed by atoms with Crippen molar-refractivity contribution >= 4 is 0 Å². The lowest BCUT2D eigenvalue weighted by molar-refractivity contribution is -0.0374. The predicted molar refractivity (Wildman–Crippen MR) is 87.8 cm³/mol. The number of aromatic nitrogens is 4. The number of tetrazole rings is 1. The lowest BCUT2D eigenvalue weighted by Crippen LogP contribution is -2.38. The molecular weight excluding hydrogens is 306 g/mol. The summed E-state index contributed by atoms with van der Waals surface area (Å²) >= 11 is 0. The van der Waals surface area contributed by atoms with E-state index in [4.69, 9.17) is 9.47 Å². The van der Waals surface area contributed by atoms with Gasteiger partial charge in [-0.15, -0.1) is 10.2 Å². The van der Waals surface area contributed by atoms with E-state index in [2.05, 4.69) is 37.7 Å². The molecule has 2 heterocycles. The standard InChI is InChI=1S/C17H23N5O2/c1-2-23-15-9-13-5-3-4-12(13)8-14(15)10-22-6-7-24-16(11-22)17-18-20-21-19-17/h8-9,16H,2-7,10-11H2,1H3,(H,18,19,20,21). The molecule has 2 aliphatic rings. The maximum absolute atomic E-state index is 5.91. The third-order valence-electron chi connectivity index (χ3n) is 4.77. The molecule has 4 rings (SSSR count). The first kappa shape index (κ1) is 15.5. The predicted octanol–water partition coefficient (Wildman–Crippen LogP) is 1.66. The molecule has 7 heteroatoms. The van der Waals surface area contributed by atoms with Crippen LogP contribution >= 0.6 is 0 Å². The van der Waals surface area contributed by atoms with E-state index in [1.165, 1.54) is 36.0 Å². The fraction of sp³-hybridized carbons (Fsp3) is 0.588. The Kier molecular flexibility index (Phi) is 4.44. The van der Waals surface area contributed by atoms with Crippen LogP contribution in [-0.2, 0) is 24.1 Å². The van der Waals surface area contributed by atoms with Crippen molar-refractivity contribution in [2.75, 3.05) is 26.3 Å². The third kappa shape index (κ3) is 3.14. The topological polar surface area (TPSA) is 76.2 Å². The van der Waals surface area contributed by atoms with Crippen LogP contribution in [-0.4, -0.2) is 51.8 Å². The smallest absolute Gasteiger partial charge is 0.204 e. The number of hydrogen-bond acceptors (Lipinski definition) is 6. The molecular formula is C17H23N5O2. The van der Waals surface area contributed by atoms with Gasteiger partial charge < -0.3 is 9.47 Å². The number of fused-ring (bicyclic) bond motifs is 1. The van der Waals surface area contributed by atoms with E-state index < -0.39 is 0 Å². The number of nitrogens with one attached hydrogen (secondary N) is 1. The third-order valence-corrected chi connectivity index (χ3v) is 4.77. The first-order chi connectivity index (χ1) is 11.8. The highest BCUT2D eigenvalue weighted by Gasteiger charge is 2.26. The number of aromatic amines is 1. The Hall–Kier alpha value is -1.99. The number of rotatable bonds is 5. The second-order valence-electron chi connectivity index (χ2n) is 6.38. The van der Waals surface area contributed by atoms with E-state index in [9.17, 15) is 0 Å². The number of hydrogen-bond donors (Lipinski definition) is 1. The molecule has 1 N–H and O–H groups in total. The van der Waals surface area contributed by atoms with Crippen LogP contribution < -0.4 is 4.74 Å². The van der Waals surface area contributed by atoms with Crippen molar-refractivity contribution in [3.05, 3.63) is 34.6 Å². The molecule has 2 aromatic rings. The lowest BCUT2D eigenvalue weighted by atomic mass is 10.0. The van der Waals surface area contributed by atoms with Gasteiger partial charge in [-0.2, -0.15) is 5.21 Å². The summed E-state index contributed by atoms with van der Waals surface area (Å²) in [6, 6.07) is 4.59. The monoisotopic (exact) mass is 329 g/mol. The molecule has 1 aromatic carbocycles. The van der Waals surface area contributed by atoms with Crippen molar-refractivity contribution in [2.45, 2.75) is 38.8 Å². The second-order valence-corrected chi connectivity index (χ2v) is 6.38. The van der Waals surface area contributed by atoms with Crippen LogP contribution in [0.15, 0.2) is 12.1 Å². The van der Waals surface area contributed by atoms with Crippen molar-refractivity contribution < 1.29 is 9.47 Å². The molecule has 1 fully saturated rings. The summed E-state index contributed by atoms with van der Waals surface area (Å²) in [4.78, 5) is 2.38. The number of H-pyrrole nitrogens is 1. The zero-order chi connectivity index (χ0) is 16.4. The summed E-state index contributed by atoms with van der Waals surface area (Å²) in [5, 5.41) is 14.2. The maximum atomic E-state index is 5.91. The highest BCUT2D eigenvalue weighted by atomic mass is 16.5. The largest absolute Gasteiger partial charge is 0.494 e. The van der Waals surface area contributed by atoms with Gasteiger partial charge in [0, 0.05) is 25.2 Å². The van der Waals surface area contributed by atoms with Crippen LogP contribution in [0.4, 0.5) is 0 Å². The van der Waals surface area contributed by atoms with Crippen LogP contribution in [0.5, 0.6) is 5.75 Å². The van der Waals surface area contributed by atoms with Gasteiger partial charge in [0.2, 0.25) is 5.82 Å². The van der Waals surface area contributed by atoms with E-state index in [1.54, 1.807) is 0 Å². The highest BCUT2D eigenvalue weighted by Crippen LogP contribution is 2.31. The summed E-state index contributed by atoms with van der Waals surface area (Å²) < 4.78 is 11.7. The zero-order valence-electron chi connectivity index (χ0n) is 14.0. The molecule has 1 saturated heterocycles. The quantitative estimate of drug-likeness (QED) is 0.899. The highest BCUT2D eigenvalue weighted by molar-refractivity contribution is 5.44. The van der Waals surface area contributed by atoms with Gasteiger partial charge in [-0.3, -0.25) is 4.90 Å². The molecule has 1 aliphatic heterocycles. The van der Waals surface area contributed by atoms with Crippen molar-refractivity contribution in [3.63, 3.8) is 0 Å². The minimum absolute atomic E-state index is 0.123. The Labute approximate surface area is 141 Å². The van der Waals surface area contributed by atoms with E-state index in [-0.39, 0.29) is 6.10 Å². The van der Waals surface area contributed by atoms with Gasteiger partial charge in [0.25, 0.3) is 0 Å². The molecule has 24 heavy (non-hydrogen) atoms. The van der Waals surface area contributed by atoms with Gasteiger partial charge in [-0.1, -0.05) is 11.3 Å². The summed E-state index contributed by atoms with van der Waals surface area (Å²) in [5.41, 5.74) is 4.21. The normalized spacial score (nSPS) is 21.0. The number of aryl methyl sites for hydroxylation is 2.